The molecule has 27 nitrogen and oxygen atoms in total. The number of anilines is 4. The molecular weight excluding hydrogens is 2170 g/mol. The van der Waals surface area contributed by atoms with Crippen molar-refractivity contribution in [1.29, 1.82) is 26.3 Å². The Morgan fingerprint density at radius 1 is 0.366 bits per heavy atom. The zero-order chi connectivity index (χ0) is 101. The zero-order valence-electron chi connectivity index (χ0n) is 61.5. The number of aromatic nitrogens is 10. The van der Waals surface area contributed by atoms with Crippen LogP contribution in [0.3, 0.4) is 0 Å². The summed E-state index contributed by atoms with van der Waals surface area (Å²) in [6.07, 6.45) is -22.6. The Kier molecular flexibility index (Phi) is 33.2. The van der Waals surface area contributed by atoms with Gasteiger partial charge in [0.05, 0.1) is 88.8 Å². The van der Waals surface area contributed by atoms with Crippen molar-refractivity contribution in [3.05, 3.63) is 178 Å². The van der Waals surface area contributed by atoms with Crippen LogP contribution in [0.4, 0.5) is 142 Å². The molecule has 0 bridgehead atoms. The lowest BCUT2D eigenvalue weighted by Crippen LogP contribution is -2.29. The van der Waals surface area contributed by atoms with Crippen LogP contribution in [-0.2, 0) is 83.0 Å². The van der Waals surface area contributed by atoms with Crippen molar-refractivity contribution in [1.82, 2.24) is 48.9 Å². The summed E-state index contributed by atoms with van der Waals surface area (Å²) in [5, 5.41) is 59.5. The highest BCUT2D eigenvalue weighted by atomic mass is 35.5. The lowest BCUT2D eigenvalue weighted by molar-refractivity contribution is -0.138. The predicted molar refractivity (Wildman–Crippen MR) is 411 cm³/mol. The number of nitriles is 5. The second-order valence-electron chi connectivity index (χ2n) is 23.6. The predicted octanol–water partition coefficient (Wildman–Crippen LogP) is 20.5. The largest absolute Gasteiger partial charge is 0.502 e. The molecule has 0 radical (unpaired) electrons. The average Bonchev–Trinajstić information content (AvgIpc) is 1.61. The summed E-state index contributed by atoms with van der Waals surface area (Å²) in [7, 11) is -18.6. The van der Waals surface area contributed by atoms with Gasteiger partial charge in [0.15, 0.2) is 59.9 Å². The second-order valence-corrected chi connectivity index (χ2v) is 35.5. The van der Waals surface area contributed by atoms with Crippen LogP contribution in [0.25, 0.3) is 28.4 Å². The first kappa shape index (κ1) is 110. The third-order valence-corrected chi connectivity index (χ3v) is 24.6. The number of nitrogen functional groups attached to an aromatic ring is 2. The van der Waals surface area contributed by atoms with Gasteiger partial charge in [0, 0.05) is 20.4 Å². The topological polar surface area (TPSA) is 424 Å². The van der Waals surface area contributed by atoms with Crippen LogP contribution in [-0.4, -0.2) is 121 Å². The van der Waals surface area contributed by atoms with Crippen molar-refractivity contribution in [3.8, 4) is 58.8 Å². The third kappa shape index (κ3) is 23.2. The van der Waals surface area contributed by atoms with Gasteiger partial charge in [0.25, 0.3) is 25.2 Å². The molecule has 10 rings (SSSR count). The van der Waals surface area contributed by atoms with E-state index < -0.39 is 261 Å². The van der Waals surface area contributed by atoms with Gasteiger partial charge in [-0.1, -0.05) is 116 Å². The number of aromatic amines is 1. The number of hydrogen-bond donors (Lipinski definition) is 5. The second kappa shape index (κ2) is 39.6. The van der Waals surface area contributed by atoms with Crippen molar-refractivity contribution in [2.75, 3.05) is 42.5 Å². The first-order valence-corrected chi connectivity index (χ1v) is 42.1. The summed E-state index contributed by atoms with van der Waals surface area (Å²) in [4.78, 5) is 6.54. The van der Waals surface area contributed by atoms with E-state index in [0.717, 1.165) is 23.9 Å². The van der Waals surface area contributed by atoms with Crippen LogP contribution in [0.2, 0.25) is 50.2 Å². The van der Waals surface area contributed by atoms with Crippen molar-refractivity contribution < 1.29 is 148 Å². The Hall–Kier alpha value is -10.0. The molecule has 3 unspecified atom stereocenters. The van der Waals surface area contributed by atoms with E-state index in [0.29, 0.717) is 70.0 Å². The Morgan fingerprint density at radius 3 is 0.863 bits per heavy atom. The van der Waals surface area contributed by atoms with E-state index in [-0.39, 0.29) is 41.5 Å². The minimum absolute atomic E-state index is 0.0436. The molecule has 0 amide bonds. The molecule has 3 atom stereocenters. The molecule has 10 aromatic rings. The molecule has 0 saturated heterocycles. The van der Waals surface area contributed by atoms with E-state index in [1.807, 2.05) is 0 Å². The molecule has 131 heavy (non-hydrogen) atoms. The van der Waals surface area contributed by atoms with Gasteiger partial charge in [-0.05, 0) is 60.7 Å². The molecular formula is C62H26Cl10F27N19O8S5. The van der Waals surface area contributed by atoms with Gasteiger partial charge in [-0.25, -0.2) is 48.7 Å². The van der Waals surface area contributed by atoms with Gasteiger partial charge in [-0.15, -0.1) is 0 Å². The minimum Gasteiger partial charge on any atom is -0.383 e. The monoisotopic (exact) mass is 2190 g/mol. The van der Waals surface area contributed by atoms with E-state index in [2.05, 4.69) is 31.0 Å². The van der Waals surface area contributed by atoms with E-state index in [1.54, 1.807) is 11.2 Å². The van der Waals surface area contributed by atoms with E-state index in [4.69, 9.17) is 154 Å². The summed E-state index contributed by atoms with van der Waals surface area (Å²) < 4.78 is 429. The maximum atomic E-state index is 12.9. The van der Waals surface area contributed by atoms with Crippen LogP contribution >= 0.6 is 116 Å². The van der Waals surface area contributed by atoms with E-state index >= 15 is 0 Å². The highest BCUT2D eigenvalue weighted by Crippen LogP contribution is 2.48. The molecule has 0 saturated carbocycles. The fourth-order valence-electron chi connectivity index (χ4n) is 9.97. The van der Waals surface area contributed by atoms with Gasteiger partial charge in [0.2, 0.25) is 0 Å². The lowest BCUT2D eigenvalue weighted by atomic mass is 10.2. The van der Waals surface area contributed by atoms with E-state index in [9.17, 15) is 153 Å². The van der Waals surface area contributed by atoms with E-state index in [1.165, 1.54) is 25.4 Å². The van der Waals surface area contributed by atoms with Crippen LogP contribution in [0.1, 0.15) is 56.3 Å². The van der Waals surface area contributed by atoms with Gasteiger partial charge in [-0.3, -0.25) is 14.1 Å². The minimum atomic E-state index is -6.25. The number of alkyl halides is 27. The Bertz CT molecular complexity index is 6730. The van der Waals surface area contributed by atoms with Crippen molar-refractivity contribution >= 4 is 191 Å². The van der Waals surface area contributed by atoms with Gasteiger partial charge in [-0.2, -0.15) is 165 Å². The summed E-state index contributed by atoms with van der Waals surface area (Å²) in [6, 6.07) is 11.3. The summed E-state index contributed by atoms with van der Waals surface area (Å²) in [6.45, 7) is 0. The van der Waals surface area contributed by atoms with Gasteiger partial charge < -0.3 is 22.1 Å². The lowest BCUT2D eigenvalue weighted by Gasteiger charge is -2.14. The standard InChI is InChI=1S/C13H6Cl2F6N4OS.C13H9Cl2F3N4OS.C12H4Cl2F6N4O2S.C12H4Cl2F6N4OS.C12H3Cl2F6N3O3S/c1-23-11-10(27(26)13(19,20)21)8(4-22)24-25(11)9-6(14)2-5(3-7(9)15)12(16,17)18;1-20-12-11(24(2)23)9(5-19)21-22(12)10-7(14)3-6(4-8(10)15)13(16,17)18;13-5-1-4(11(15,16)17)2-6(14)8(5)24-10(22)9(7(3-21)23-24)27(25,26)12(18,19)20;13-5-1-4(11(15,16)17)2-6(14)8(5)24-10(22)9(7(3-21)23-24)26(25)12(18,19)20;13-5-1-4(11(15,16)17)2-6(14)8(5)23-10(24)9(7(3-21)22-23)27(25,26)12(18,19)20/h2-3,23H,1H3;3-4,20H,1-2H3;1-2H,22H2;1-2H,22H2;1-2,22H. The fourth-order valence-corrected chi connectivity index (χ4v) is 17.5. The number of hydrogen-bond acceptors (Lipinski definition) is 21. The number of rotatable bonds is 12. The number of sulfone groups is 2. The number of nitrogens with zero attached hydrogens (tertiary/aromatic N) is 14. The van der Waals surface area contributed by atoms with Gasteiger partial charge in [0.1, 0.15) is 96.7 Å². The fraction of sp³-hybridized carbons (Fsp3) is 0.194. The van der Waals surface area contributed by atoms with Crippen molar-refractivity contribution in [3.63, 3.8) is 0 Å². The summed E-state index contributed by atoms with van der Waals surface area (Å²) in [5.41, 5.74) is -26.1. The smallest absolute Gasteiger partial charge is 0.383 e. The molecule has 706 valence electrons. The molecule has 5 aromatic heterocycles. The molecule has 0 aliphatic rings. The zero-order valence-corrected chi connectivity index (χ0v) is 73.1. The Balaban J connectivity index is 0.000000252. The first-order valence-electron chi connectivity index (χ1n) is 31.5. The number of halogens is 37. The molecule has 5 aromatic carbocycles. The summed E-state index contributed by atoms with van der Waals surface area (Å²) >= 11 is 57.7. The molecule has 5 heterocycles. The molecule has 7 N–H and O–H groups in total. The Morgan fingerprint density at radius 2 is 0.603 bits per heavy atom. The molecule has 0 spiro atoms. The molecule has 0 aliphatic carbocycles. The van der Waals surface area contributed by atoms with Crippen LogP contribution in [0.15, 0.2) is 89.9 Å². The number of nitrogens with one attached hydrogen (secondary N) is 3. The average molecular weight is 2190 g/mol. The molecule has 69 heteroatoms. The van der Waals surface area contributed by atoms with Crippen LogP contribution < -0.4 is 27.7 Å². The quantitative estimate of drug-likeness (QED) is 0.0709. The van der Waals surface area contributed by atoms with Crippen molar-refractivity contribution in [2.24, 2.45) is 0 Å². The van der Waals surface area contributed by atoms with Crippen LogP contribution in [0, 0.1) is 56.7 Å². The number of benzene rings is 5. The Labute approximate surface area is 765 Å². The summed E-state index contributed by atoms with van der Waals surface area (Å²) in [5.74, 6) is -2.52. The highest BCUT2D eigenvalue weighted by Gasteiger charge is 2.53. The maximum Gasteiger partial charge on any atom is 0.502 e. The number of nitrogens with two attached hydrogens (primary N) is 2. The molecule has 0 fully saturated rings. The first-order chi connectivity index (χ1) is 59.5. The van der Waals surface area contributed by atoms with Crippen LogP contribution in [0.5, 0.6) is 0 Å². The third-order valence-electron chi connectivity index (χ3n) is 15.3. The highest BCUT2D eigenvalue weighted by molar-refractivity contribution is 7.92. The number of H-pyrrole nitrogens is 1. The van der Waals surface area contributed by atoms with Crippen molar-refractivity contribution in [2.45, 2.75) is 77.4 Å². The SMILES string of the molecule is CNc1c(S(=O)C(F)(F)F)c(C#N)nn1-c1c(Cl)cc(C(F)(F)F)cc1Cl.CNc1c(S(C)=O)c(C#N)nn1-c1c(Cl)cc(C(F)(F)F)cc1Cl.N#Cc1[nH]n(-c2c(Cl)cc(C(F)(F)F)cc2Cl)c(=O)c1S(=O)(=O)C(F)(F)F.N#Cc1nn(-c2c(Cl)cc(C(F)(F)F)cc2Cl)c(N)c1S(=O)(=O)C(F)(F)F.N#Cc1nn(-c2c(Cl)cc(C(F)(F)F)cc2Cl)c(N)c1S(=O)C(F)(F)F. The maximum absolute atomic E-state index is 12.9. The van der Waals surface area contributed by atoms with Gasteiger partial charge >= 0.3 is 52.9 Å². The molecule has 0 aliphatic heterocycles. The normalized spacial score (nSPS) is 13.1.